The van der Waals surface area contributed by atoms with Crippen LogP contribution in [0.15, 0.2) is 36.4 Å². The standard InChI is InChI=1S/C22H28FN3O2/c1-16-6-5-7-20(24-16)17-8-9-18(19(23)14-17)15-25-10-12-26(13-11-25)21(27)28-22(2,3)4/h5-9,14H,10-13,15H2,1-4H3. The summed E-state index contributed by atoms with van der Waals surface area (Å²) < 4.78 is 20.1. The predicted molar refractivity (Wildman–Crippen MR) is 107 cm³/mol. The molecule has 28 heavy (non-hydrogen) atoms. The lowest BCUT2D eigenvalue weighted by Gasteiger charge is -2.35. The van der Waals surface area contributed by atoms with Gasteiger partial charge in [0.2, 0.25) is 0 Å². The lowest BCUT2D eigenvalue weighted by Crippen LogP contribution is -2.49. The van der Waals surface area contributed by atoms with E-state index >= 15 is 0 Å². The fourth-order valence-electron chi connectivity index (χ4n) is 3.19. The van der Waals surface area contributed by atoms with Crippen molar-refractivity contribution in [3.05, 3.63) is 53.5 Å². The molecule has 1 saturated heterocycles. The van der Waals surface area contributed by atoms with Gasteiger partial charge in [-0.1, -0.05) is 18.2 Å². The molecule has 1 aromatic carbocycles. The zero-order valence-corrected chi connectivity index (χ0v) is 17.0. The number of halogens is 1. The van der Waals surface area contributed by atoms with E-state index in [9.17, 15) is 9.18 Å². The van der Waals surface area contributed by atoms with Crippen LogP contribution in [0.5, 0.6) is 0 Å². The molecular formula is C22H28FN3O2. The number of ether oxygens (including phenoxy) is 1. The summed E-state index contributed by atoms with van der Waals surface area (Å²) in [5, 5.41) is 0. The molecule has 0 unspecified atom stereocenters. The van der Waals surface area contributed by atoms with E-state index in [-0.39, 0.29) is 11.9 Å². The molecule has 0 saturated carbocycles. The van der Waals surface area contributed by atoms with E-state index in [0.29, 0.717) is 38.3 Å². The Labute approximate surface area is 166 Å². The molecule has 5 nitrogen and oxygen atoms in total. The van der Waals surface area contributed by atoms with Gasteiger partial charge >= 0.3 is 6.09 Å². The summed E-state index contributed by atoms with van der Waals surface area (Å²) in [6, 6.07) is 11.0. The van der Waals surface area contributed by atoms with Crippen LogP contribution in [0.2, 0.25) is 0 Å². The van der Waals surface area contributed by atoms with Crippen LogP contribution in [-0.4, -0.2) is 52.7 Å². The number of hydrogen-bond acceptors (Lipinski definition) is 4. The molecule has 1 amide bonds. The molecule has 1 aliphatic rings. The van der Waals surface area contributed by atoms with Gasteiger partial charge in [-0.25, -0.2) is 9.18 Å². The van der Waals surface area contributed by atoms with Crippen molar-refractivity contribution in [2.75, 3.05) is 26.2 Å². The minimum absolute atomic E-state index is 0.227. The monoisotopic (exact) mass is 385 g/mol. The Morgan fingerprint density at radius 2 is 1.86 bits per heavy atom. The van der Waals surface area contributed by atoms with Crippen molar-refractivity contribution in [1.82, 2.24) is 14.8 Å². The van der Waals surface area contributed by atoms with Crippen molar-refractivity contribution >= 4 is 6.09 Å². The van der Waals surface area contributed by atoms with Gasteiger partial charge in [-0.05, 0) is 45.9 Å². The van der Waals surface area contributed by atoms with E-state index in [0.717, 1.165) is 17.0 Å². The lowest BCUT2D eigenvalue weighted by atomic mass is 10.1. The van der Waals surface area contributed by atoms with E-state index in [1.807, 2.05) is 58.0 Å². The molecule has 0 N–H and O–H groups in total. The van der Waals surface area contributed by atoms with Crippen molar-refractivity contribution in [2.24, 2.45) is 0 Å². The van der Waals surface area contributed by atoms with E-state index in [1.165, 1.54) is 0 Å². The second-order valence-electron chi connectivity index (χ2n) is 8.21. The van der Waals surface area contributed by atoms with Gasteiger partial charge in [-0.15, -0.1) is 0 Å². The summed E-state index contributed by atoms with van der Waals surface area (Å²) in [5.74, 6) is -0.227. The van der Waals surface area contributed by atoms with E-state index in [1.54, 1.807) is 11.0 Å². The van der Waals surface area contributed by atoms with Crippen LogP contribution in [-0.2, 0) is 11.3 Å². The first-order valence-corrected chi connectivity index (χ1v) is 9.64. The maximum absolute atomic E-state index is 14.6. The highest BCUT2D eigenvalue weighted by molar-refractivity contribution is 5.68. The molecule has 6 heteroatoms. The Morgan fingerprint density at radius 1 is 1.14 bits per heavy atom. The molecule has 1 aliphatic heterocycles. The molecule has 1 fully saturated rings. The van der Waals surface area contributed by atoms with Gasteiger partial charge < -0.3 is 9.64 Å². The van der Waals surface area contributed by atoms with E-state index < -0.39 is 5.60 Å². The number of aromatic nitrogens is 1. The molecule has 2 heterocycles. The molecule has 0 aliphatic carbocycles. The number of pyridine rings is 1. The summed E-state index contributed by atoms with van der Waals surface area (Å²) in [6.45, 7) is 10.6. The third-order valence-electron chi connectivity index (χ3n) is 4.66. The Morgan fingerprint density at radius 3 is 2.46 bits per heavy atom. The van der Waals surface area contributed by atoms with Crippen LogP contribution >= 0.6 is 0 Å². The fraction of sp³-hybridized carbons (Fsp3) is 0.455. The highest BCUT2D eigenvalue weighted by atomic mass is 19.1. The zero-order chi connectivity index (χ0) is 20.3. The number of benzene rings is 1. The average molecular weight is 385 g/mol. The maximum atomic E-state index is 14.6. The molecule has 0 spiro atoms. The molecule has 150 valence electrons. The van der Waals surface area contributed by atoms with Crippen LogP contribution in [0.4, 0.5) is 9.18 Å². The minimum Gasteiger partial charge on any atom is -0.444 e. The normalized spacial score (nSPS) is 15.5. The van der Waals surface area contributed by atoms with E-state index in [4.69, 9.17) is 4.74 Å². The number of carbonyl (C=O) groups is 1. The molecular weight excluding hydrogens is 357 g/mol. The van der Waals surface area contributed by atoms with Gasteiger partial charge in [0.05, 0.1) is 5.69 Å². The van der Waals surface area contributed by atoms with Crippen molar-refractivity contribution in [3.8, 4) is 11.3 Å². The number of carbonyl (C=O) groups excluding carboxylic acids is 1. The van der Waals surface area contributed by atoms with Crippen LogP contribution in [0, 0.1) is 12.7 Å². The second kappa shape index (κ2) is 8.27. The van der Waals surface area contributed by atoms with Crippen molar-refractivity contribution in [1.29, 1.82) is 0 Å². The van der Waals surface area contributed by atoms with Crippen molar-refractivity contribution in [3.63, 3.8) is 0 Å². The van der Waals surface area contributed by atoms with Crippen LogP contribution in [0.1, 0.15) is 32.0 Å². The van der Waals surface area contributed by atoms with Crippen LogP contribution < -0.4 is 0 Å². The molecule has 1 aromatic heterocycles. The lowest BCUT2D eigenvalue weighted by molar-refractivity contribution is 0.0138. The Kier molecular flexibility index (Phi) is 5.98. The third kappa shape index (κ3) is 5.29. The smallest absolute Gasteiger partial charge is 0.410 e. The Balaban J connectivity index is 1.59. The summed E-state index contributed by atoms with van der Waals surface area (Å²) in [5.41, 5.74) is 2.62. The first kappa shape index (κ1) is 20.3. The van der Waals surface area contributed by atoms with Gasteiger partial charge in [0, 0.05) is 49.5 Å². The SMILES string of the molecule is Cc1cccc(-c2ccc(CN3CCN(C(=O)OC(C)(C)C)CC3)c(F)c2)n1. The van der Waals surface area contributed by atoms with Crippen molar-refractivity contribution in [2.45, 2.75) is 39.8 Å². The highest BCUT2D eigenvalue weighted by Gasteiger charge is 2.26. The first-order valence-electron chi connectivity index (χ1n) is 9.64. The number of nitrogens with zero attached hydrogens (tertiary/aromatic N) is 3. The summed E-state index contributed by atoms with van der Waals surface area (Å²) in [6.07, 6.45) is -0.284. The number of hydrogen-bond donors (Lipinski definition) is 0. The quantitative estimate of drug-likeness (QED) is 0.792. The fourth-order valence-corrected chi connectivity index (χ4v) is 3.19. The van der Waals surface area contributed by atoms with Crippen LogP contribution in [0.25, 0.3) is 11.3 Å². The predicted octanol–water partition coefficient (Wildman–Crippen LogP) is 4.25. The Hall–Kier alpha value is -2.47. The topological polar surface area (TPSA) is 45.7 Å². The van der Waals surface area contributed by atoms with Gasteiger partial charge in [0.1, 0.15) is 11.4 Å². The summed E-state index contributed by atoms with van der Waals surface area (Å²) >= 11 is 0. The highest BCUT2D eigenvalue weighted by Crippen LogP contribution is 2.22. The van der Waals surface area contributed by atoms with Crippen LogP contribution in [0.3, 0.4) is 0 Å². The zero-order valence-electron chi connectivity index (χ0n) is 17.0. The maximum Gasteiger partial charge on any atom is 0.410 e. The van der Waals surface area contributed by atoms with Gasteiger partial charge in [0.25, 0.3) is 0 Å². The average Bonchev–Trinajstić information content (AvgIpc) is 2.62. The number of piperazine rings is 1. The minimum atomic E-state index is -0.495. The summed E-state index contributed by atoms with van der Waals surface area (Å²) in [7, 11) is 0. The third-order valence-corrected chi connectivity index (χ3v) is 4.66. The molecule has 2 aromatic rings. The number of amides is 1. The van der Waals surface area contributed by atoms with Crippen molar-refractivity contribution < 1.29 is 13.9 Å². The second-order valence-corrected chi connectivity index (χ2v) is 8.21. The molecule has 0 atom stereocenters. The van der Waals surface area contributed by atoms with E-state index in [2.05, 4.69) is 9.88 Å². The van der Waals surface area contributed by atoms with Gasteiger partial charge in [-0.2, -0.15) is 0 Å². The van der Waals surface area contributed by atoms with Gasteiger partial charge in [-0.3, -0.25) is 9.88 Å². The largest absolute Gasteiger partial charge is 0.444 e. The molecule has 0 bridgehead atoms. The number of aryl methyl sites for hydroxylation is 1. The first-order chi connectivity index (χ1) is 13.2. The Bertz CT molecular complexity index is 840. The molecule has 0 radical (unpaired) electrons. The van der Waals surface area contributed by atoms with Gasteiger partial charge in [0.15, 0.2) is 0 Å². The summed E-state index contributed by atoms with van der Waals surface area (Å²) in [4.78, 5) is 20.5. The molecule has 3 rings (SSSR count). The number of rotatable bonds is 3.